The molecule has 0 radical (unpaired) electrons. The van der Waals surface area contributed by atoms with Crippen molar-refractivity contribution in [3.05, 3.63) is 194 Å². The molecule has 55 heavy (non-hydrogen) atoms. The van der Waals surface area contributed by atoms with Crippen LogP contribution in [0.25, 0.3) is 120 Å². The van der Waals surface area contributed by atoms with Gasteiger partial charge in [0.25, 0.3) is 0 Å². The van der Waals surface area contributed by atoms with E-state index in [4.69, 9.17) is 4.42 Å². The zero-order valence-electron chi connectivity index (χ0n) is 29.9. The molecule has 0 amide bonds. The minimum atomic E-state index is 0.915. The Labute approximate surface area is 317 Å². The quantitative estimate of drug-likeness (QED) is 0.132. The van der Waals surface area contributed by atoms with Crippen LogP contribution >= 0.6 is 0 Å². The zero-order valence-corrected chi connectivity index (χ0v) is 29.9. The maximum absolute atomic E-state index is 6.52. The molecule has 0 fully saturated rings. The van der Waals surface area contributed by atoms with Crippen molar-refractivity contribution in [2.24, 2.45) is 0 Å². The Balaban J connectivity index is 1.11. The van der Waals surface area contributed by atoms with Crippen molar-refractivity contribution in [2.45, 2.75) is 0 Å². The lowest BCUT2D eigenvalue weighted by atomic mass is 9.84. The molecule has 0 aliphatic rings. The smallest absolute Gasteiger partial charge is 0.143 e. The molecule has 12 aromatic rings. The van der Waals surface area contributed by atoms with Crippen LogP contribution in [0.4, 0.5) is 0 Å². The summed E-state index contributed by atoms with van der Waals surface area (Å²) in [4.78, 5) is 0. The standard InChI is InChI=1S/C54H32O/c1-2-18-38-36(16-1)37-17-3-4-19-39(37)48-31-34(28-29-41(38)48)33-14-13-15-35(30-33)52-43-22-6-8-24-45(43)53(46-25-9-7-23-44(46)52)49-32-50-42-21-11-12-27-51(42)55-54(50)47-26-10-5-20-40(47)49/h1-32H. The summed E-state index contributed by atoms with van der Waals surface area (Å²) < 4.78 is 6.52. The largest absolute Gasteiger partial charge is 0.455 e. The number of hydrogen-bond acceptors (Lipinski definition) is 1. The fraction of sp³-hybridized carbons (Fsp3) is 0. The van der Waals surface area contributed by atoms with E-state index in [1.165, 1.54) is 92.6 Å². The van der Waals surface area contributed by atoms with Gasteiger partial charge in [-0.2, -0.15) is 0 Å². The van der Waals surface area contributed by atoms with Gasteiger partial charge in [0.15, 0.2) is 0 Å². The summed E-state index contributed by atoms with van der Waals surface area (Å²) in [6.45, 7) is 0. The fourth-order valence-electron chi connectivity index (χ4n) is 9.42. The van der Waals surface area contributed by atoms with E-state index in [9.17, 15) is 0 Å². The van der Waals surface area contributed by atoms with Gasteiger partial charge < -0.3 is 4.42 Å². The van der Waals surface area contributed by atoms with Crippen LogP contribution in [-0.4, -0.2) is 0 Å². The predicted molar refractivity (Wildman–Crippen MR) is 235 cm³/mol. The highest BCUT2D eigenvalue weighted by molar-refractivity contribution is 6.28. The molecular weight excluding hydrogens is 665 g/mol. The Bertz CT molecular complexity index is 3460. The normalized spacial score (nSPS) is 12.0. The second-order valence-corrected chi connectivity index (χ2v) is 14.7. The molecule has 12 rings (SSSR count). The van der Waals surface area contributed by atoms with Crippen molar-refractivity contribution in [3.63, 3.8) is 0 Å². The molecule has 1 heterocycles. The Morgan fingerprint density at radius 1 is 0.236 bits per heavy atom. The van der Waals surface area contributed by atoms with E-state index in [1.807, 2.05) is 6.07 Å². The molecule has 1 nitrogen and oxygen atoms in total. The molecule has 0 unspecified atom stereocenters. The van der Waals surface area contributed by atoms with Gasteiger partial charge in [0, 0.05) is 16.2 Å². The van der Waals surface area contributed by atoms with E-state index in [0.29, 0.717) is 0 Å². The first-order valence-electron chi connectivity index (χ1n) is 19.0. The first-order valence-corrected chi connectivity index (χ1v) is 19.0. The molecule has 254 valence electrons. The van der Waals surface area contributed by atoms with Crippen LogP contribution in [0.5, 0.6) is 0 Å². The molecular formula is C54H32O. The van der Waals surface area contributed by atoms with Crippen LogP contribution in [0, 0.1) is 0 Å². The van der Waals surface area contributed by atoms with E-state index < -0.39 is 0 Å². The summed E-state index contributed by atoms with van der Waals surface area (Å²) >= 11 is 0. The highest BCUT2D eigenvalue weighted by atomic mass is 16.3. The average molecular weight is 697 g/mol. The number of hydrogen-bond donors (Lipinski definition) is 0. The van der Waals surface area contributed by atoms with Crippen molar-refractivity contribution in [1.29, 1.82) is 0 Å². The van der Waals surface area contributed by atoms with E-state index in [1.54, 1.807) is 0 Å². The van der Waals surface area contributed by atoms with Gasteiger partial charge in [0.05, 0.1) is 0 Å². The summed E-state index contributed by atoms with van der Waals surface area (Å²) in [7, 11) is 0. The van der Waals surface area contributed by atoms with E-state index in [-0.39, 0.29) is 0 Å². The third-order valence-electron chi connectivity index (χ3n) is 11.8. The predicted octanol–water partition coefficient (Wildman–Crippen LogP) is 15.5. The Morgan fingerprint density at radius 2 is 0.691 bits per heavy atom. The van der Waals surface area contributed by atoms with E-state index in [0.717, 1.165) is 27.3 Å². The van der Waals surface area contributed by atoms with Crippen LogP contribution in [0.2, 0.25) is 0 Å². The van der Waals surface area contributed by atoms with E-state index >= 15 is 0 Å². The minimum Gasteiger partial charge on any atom is -0.455 e. The van der Waals surface area contributed by atoms with Crippen molar-refractivity contribution in [1.82, 2.24) is 0 Å². The molecule has 0 aliphatic carbocycles. The second-order valence-electron chi connectivity index (χ2n) is 14.7. The molecule has 0 bridgehead atoms. The molecule has 0 saturated carbocycles. The van der Waals surface area contributed by atoms with Gasteiger partial charge in [-0.3, -0.25) is 0 Å². The van der Waals surface area contributed by atoms with Crippen LogP contribution in [0.15, 0.2) is 199 Å². The Morgan fingerprint density at radius 3 is 1.33 bits per heavy atom. The zero-order chi connectivity index (χ0) is 36.0. The first-order chi connectivity index (χ1) is 27.3. The highest BCUT2D eigenvalue weighted by Gasteiger charge is 2.21. The molecule has 1 heteroatoms. The van der Waals surface area contributed by atoms with Gasteiger partial charge in [-0.1, -0.05) is 170 Å². The Kier molecular flexibility index (Phi) is 6.40. The maximum Gasteiger partial charge on any atom is 0.143 e. The van der Waals surface area contributed by atoms with Gasteiger partial charge in [-0.15, -0.1) is 0 Å². The number of benzene rings is 11. The van der Waals surface area contributed by atoms with E-state index in [2.05, 4.69) is 188 Å². The molecule has 1 aromatic heterocycles. The van der Waals surface area contributed by atoms with Crippen LogP contribution in [0.1, 0.15) is 0 Å². The SMILES string of the molecule is c1cc(-c2ccc3c4ccccc4c4ccccc4c3c2)cc(-c2c3ccccc3c(-c3cc4c5ccccc5oc4c4ccccc34)c3ccccc23)c1. The van der Waals surface area contributed by atoms with Crippen LogP contribution < -0.4 is 0 Å². The lowest BCUT2D eigenvalue weighted by Crippen LogP contribution is -1.92. The summed E-state index contributed by atoms with van der Waals surface area (Å²) in [5.74, 6) is 0. The maximum atomic E-state index is 6.52. The second kappa shape index (κ2) is 11.6. The van der Waals surface area contributed by atoms with Crippen molar-refractivity contribution in [2.75, 3.05) is 0 Å². The highest BCUT2D eigenvalue weighted by Crippen LogP contribution is 2.48. The summed E-state index contributed by atoms with van der Waals surface area (Å²) in [6, 6.07) is 71.1. The molecule has 0 aliphatic heterocycles. The third kappa shape index (κ3) is 4.41. The van der Waals surface area contributed by atoms with Gasteiger partial charge in [0.2, 0.25) is 0 Å². The first kappa shape index (κ1) is 30.3. The lowest BCUT2D eigenvalue weighted by molar-refractivity contribution is 0.672. The molecule has 0 N–H and O–H groups in total. The molecule has 0 spiro atoms. The van der Waals surface area contributed by atoms with Crippen LogP contribution in [0.3, 0.4) is 0 Å². The average Bonchev–Trinajstić information content (AvgIpc) is 3.64. The topological polar surface area (TPSA) is 13.1 Å². The van der Waals surface area contributed by atoms with Crippen molar-refractivity contribution < 1.29 is 4.42 Å². The van der Waals surface area contributed by atoms with Gasteiger partial charge in [-0.25, -0.2) is 0 Å². The Hall–Kier alpha value is -7.22. The molecule has 0 saturated heterocycles. The lowest BCUT2D eigenvalue weighted by Gasteiger charge is -2.19. The van der Waals surface area contributed by atoms with Gasteiger partial charge in [-0.05, 0) is 117 Å². The number of para-hydroxylation sites is 1. The minimum absolute atomic E-state index is 0.915. The number of furan rings is 1. The summed E-state index contributed by atoms with van der Waals surface area (Å²) in [5.41, 5.74) is 9.22. The number of fused-ring (bicyclic) bond motifs is 13. The van der Waals surface area contributed by atoms with Crippen molar-refractivity contribution >= 4 is 86.6 Å². The monoisotopic (exact) mass is 696 g/mol. The molecule has 0 atom stereocenters. The third-order valence-corrected chi connectivity index (χ3v) is 11.8. The summed E-state index contributed by atoms with van der Waals surface area (Å²) in [6.07, 6.45) is 0. The van der Waals surface area contributed by atoms with Crippen molar-refractivity contribution in [3.8, 4) is 33.4 Å². The number of rotatable bonds is 3. The van der Waals surface area contributed by atoms with Crippen LogP contribution in [-0.2, 0) is 0 Å². The molecule has 11 aromatic carbocycles. The summed E-state index contributed by atoms with van der Waals surface area (Å²) in [5, 5.41) is 17.3. The fourth-order valence-corrected chi connectivity index (χ4v) is 9.42. The van der Waals surface area contributed by atoms with Gasteiger partial charge >= 0.3 is 0 Å². The van der Waals surface area contributed by atoms with Gasteiger partial charge in [0.1, 0.15) is 11.2 Å².